The van der Waals surface area contributed by atoms with Crippen LogP contribution in [-0.4, -0.2) is 42.0 Å². The second-order valence-electron chi connectivity index (χ2n) is 6.91. The van der Waals surface area contributed by atoms with Crippen LogP contribution < -0.4 is 4.90 Å². The third-order valence-electron chi connectivity index (χ3n) is 5.33. The number of likely N-dealkylation sites (tertiary alicyclic amines) is 1. The minimum Gasteiger partial charge on any atom is -0.370 e. The zero-order valence-electron chi connectivity index (χ0n) is 12.4. The molecule has 4 heteroatoms. The van der Waals surface area contributed by atoms with Gasteiger partial charge in [0.25, 0.3) is 0 Å². The first-order valence-corrected chi connectivity index (χ1v) is 8.22. The van der Waals surface area contributed by atoms with E-state index in [9.17, 15) is 4.79 Å². The number of nitrogens with zero attached hydrogens (tertiary/aromatic N) is 3. The molecule has 0 radical (unpaired) electrons. The summed E-state index contributed by atoms with van der Waals surface area (Å²) in [4.78, 5) is 21.1. The molecule has 2 aliphatic heterocycles. The topological polar surface area (TPSA) is 36.4 Å². The SMILES string of the molecule is O=C(CC1CC1)N1C[C@@H]2CCN(c3cccnc3)C[C@@H]2C1. The van der Waals surface area contributed by atoms with Crippen molar-refractivity contribution < 1.29 is 4.79 Å². The summed E-state index contributed by atoms with van der Waals surface area (Å²) in [6, 6.07) is 4.14. The Morgan fingerprint density at radius 1 is 1.19 bits per heavy atom. The van der Waals surface area contributed by atoms with E-state index in [1.807, 2.05) is 18.5 Å². The van der Waals surface area contributed by atoms with Crippen LogP contribution in [0, 0.1) is 17.8 Å². The van der Waals surface area contributed by atoms with Crippen molar-refractivity contribution in [3.05, 3.63) is 24.5 Å². The number of carbonyl (C=O) groups excluding carboxylic acids is 1. The van der Waals surface area contributed by atoms with E-state index in [2.05, 4.69) is 20.9 Å². The Hall–Kier alpha value is -1.58. The lowest BCUT2D eigenvalue weighted by atomic mass is 9.88. The molecule has 0 aromatic carbocycles. The molecular formula is C17H23N3O. The van der Waals surface area contributed by atoms with E-state index in [1.165, 1.54) is 24.9 Å². The molecule has 2 atom stereocenters. The number of rotatable bonds is 3. The van der Waals surface area contributed by atoms with Gasteiger partial charge in [-0.2, -0.15) is 0 Å². The first kappa shape index (κ1) is 13.1. The molecule has 4 rings (SSSR count). The Kier molecular flexibility index (Phi) is 3.32. The summed E-state index contributed by atoms with van der Waals surface area (Å²) in [5.74, 6) is 2.45. The Morgan fingerprint density at radius 2 is 2.05 bits per heavy atom. The maximum Gasteiger partial charge on any atom is 0.222 e. The number of aromatic nitrogens is 1. The van der Waals surface area contributed by atoms with Crippen molar-refractivity contribution in [2.24, 2.45) is 17.8 Å². The number of hydrogen-bond acceptors (Lipinski definition) is 3. The van der Waals surface area contributed by atoms with E-state index < -0.39 is 0 Å². The highest BCUT2D eigenvalue weighted by Gasteiger charge is 2.39. The van der Waals surface area contributed by atoms with Crippen LogP contribution in [0.2, 0.25) is 0 Å². The fourth-order valence-corrected chi connectivity index (χ4v) is 3.85. The molecule has 0 unspecified atom stereocenters. The summed E-state index contributed by atoms with van der Waals surface area (Å²) in [5.41, 5.74) is 1.22. The van der Waals surface area contributed by atoms with E-state index in [1.54, 1.807) is 0 Å². The Balaban J connectivity index is 1.38. The molecule has 1 amide bonds. The second kappa shape index (κ2) is 5.32. The molecule has 1 aromatic heterocycles. The monoisotopic (exact) mass is 285 g/mol. The number of carbonyl (C=O) groups is 1. The minimum absolute atomic E-state index is 0.403. The molecule has 0 N–H and O–H groups in total. The van der Waals surface area contributed by atoms with Crippen molar-refractivity contribution in [3.8, 4) is 0 Å². The summed E-state index contributed by atoms with van der Waals surface area (Å²) in [6.07, 6.45) is 8.30. The largest absolute Gasteiger partial charge is 0.370 e. The van der Waals surface area contributed by atoms with E-state index in [4.69, 9.17) is 0 Å². The van der Waals surface area contributed by atoms with Gasteiger partial charge in [-0.15, -0.1) is 0 Å². The molecule has 1 aromatic rings. The van der Waals surface area contributed by atoms with Crippen molar-refractivity contribution in [1.29, 1.82) is 0 Å². The molecule has 4 nitrogen and oxygen atoms in total. The van der Waals surface area contributed by atoms with Gasteiger partial charge in [0.1, 0.15) is 0 Å². The Bertz CT molecular complexity index is 514. The highest BCUT2D eigenvalue weighted by molar-refractivity contribution is 5.77. The molecule has 3 aliphatic rings. The molecular weight excluding hydrogens is 262 g/mol. The van der Waals surface area contributed by atoms with Crippen molar-refractivity contribution >= 4 is 11.6 Å². The molecule has 1 aliphatic carbocycles. The van der Waals surface area contributed by atoms with Crippen molar-refractivity contribution in [1.82, 2.24) is 9.88 Å². The van der Waals surface area contributed by atoms with Crippen LogP contribution in [0.25, 0.3) is 0 Å². The maximum absolute atomic E-state index is 12.3. The molecule has 3 heterocycles. The normalized spacial score (nSPS) is 28.6. The number of anilines is 1. The lowest BCUT2D eigenvalue weighted by Gasteiger charge is -2.35. The smallest absolute Gasteiger partial charge is 0.222 e. The van der Waals surface area contributed by atoms with Gasteiger partial charge in [-0.1, -0.05) is 0 Å². The van der Waals surface area contributed by atoms with Crippen molar-refractivity contribution in [3.63, 3.8) is 0 Å². The number of fused-ring (bicyclic) bond motifs is 1. The maximum atomic E-state index is 12.3. The first-order valence-electron chi connectivity index (χ1n) is 8.22. The molecule has 2 saturated heterocycles. The van der Waals surface area contributed by atoms with Gasteiger partial charge >= 0.3 is 0 Å². The summed E-state index contributed by atoms with van der Waals surface area (Å²) < 4.78 is 0. The average Bonchev–Trinajstić information content (AvgIpc) is 3.23. The van der Waals surface area contributed by atoms with Gasteiger partial charge in [-0.25, -0.2) is 0 Å². The van der Waals surface area contributed by atoms with Gasteiger partial charge < -0.3 is 9.80 Å². The van der Waals surface area contributed by atoms with Crippen molar-refractivity contribution in [2.45, 2.75) is 25.7 Å². The van der Waals surface area contributed by atoms with Crippen LogP contribution in [-0.2, 0) is 4.79 Å². The predicted molar refractivity (Wildman–Crippen MR) is 82.0 cm³/mol. The highest BCUT2D eigenvalue weighted by Crippen LogP contribution is 2.36. The molecule has 0 spiro atoms. The Labute approximate surface area is 126 Å². The molecule has 112 valence electrons. The lowest BCUT2D eigenvalue weighted by molar-refractivity contribution is -0.130. The third kappa shape index (κ3) is 2.76. The quantitative estimate of drug-likeness (QED) is 0.854. The lowest BCUT2D eigenvalue weighted by Crippen LogP contribution is -2.40. The summed E-state index contributed by atoms with van der Waals surface area (Å²) >= 11 is 0. The summed E-state index contributed by atoms with van der Waals surface area (Å²) in [7, 11) is 0. The number of amides is 1. The van der Waals surface area contributed by atoms with Crippen LogP contribution in [0.5, 0.6) is 0 Å². The summed E-state index contributed by atoms with van der Waals surface area (Å²) in [5, 5.41) is 0. The van der Waals surface area contributed by atoms with Crippen LogP contribution in [0.4, 0.5) is 5.69 Å². The van der Waals surface area contributed by atoms with Gasteiger partial charge in [-0.3, -0.25) is 9.78 Å². The van der Waals surface area contributed by atoms with Crippen LogP contribution in [0.1, 0.15) is 25.7 Å². The van der Waals surface area contributed by atoms with Crippen LogP contribution >= 0.6 is 0 Å². The van der Waals surface area contributed by atoms with Gasteiger partial charge in [0.2, 0.25) is 5.91 Å². The van der Waals surface area contributed by atoms with Gasteiger partial charge in [0.05, 0.1) is 11.9 Å². The third-order valence-corrected chi connectivity index (χ3v) is 5.33. The number of hydrogen-bond donors (Lipinski definition) is 0. The fourth-order valence-electron chi connectivity index (χ4n) is 3.85. The summed E-state index contributed by atoms with van der Waals surface area (Å²) in [6.45, 7) is 4.13. The van der Waals surface area contributed by atoms with E-state index in [0.29, 0.717) is 23.7 Å². The van der Waals surface area contributed by atoms with E-state index >= 15 is 0 Å². The molecule has 1 saturated carbocycles. The van der Waals surface area contributed by atoms with Crippen LogP contribution in [0.15, 0.2) is 24.5 Å². The van der Waals surface area contributed by atoms with Gasteiger partial charge in [0.15, 0.2) is 0 Å². The Morgan fingerprint density at radius 3 is 2.81 bits per heavy atom. The first-order chi connectivity index (χ1) is 10.3. The molecule has 0 bridgehead atoms. The van der Waals surface area contributed by atoms with Gasteiger partial charge in [-0.05, 0) is 49.1 Å². The second-order valence-corrected chi connectivity index (χ2v) is 6.91. The zero-order valence-corrected chi connectivity index (χ0v) is 12.4. The number of pyridine rings is 1. The van der Waals surface area contributed by atoms with Gasteiger partial charge in [0, 0.05) is 38.8 Å². The number of piperidine rings is 1. The highest BCUT2D eigenvalue weighted by atomic mass is 16.2. The van der Waals surface area contributed by atoms with E-state index in [-0.39, 0.29) is 0 Å². The van der Waals surface area contributed by atoms with Crippen LogP contribution in [0.3, 0.4) is 0 Å². The molecule has 21 heavy (non-hydrogen) atoms. The van der Waals surface area contributed by atoms with Crippen molar-refractivity contribution in [2.75, 3.05) is 31.1 Å². The standard InChI is InChI=1S/C17H23N3O/c21-17(8-13-3-4-13)20-10-14-5-7-19(11-15(14)12-20)16-2-1-6-18-9-16/h1-2,6,9,13-15H,3-5,7-8,10-12H2/t14-,15+/m0/s1. The fraction of sp³-hybridized carbons (Fsp3) is 0.647. The van der Waals surface area contributed by atoms with E-state index in [0.717, 1.165) is 32.6 Å². The average molecular weight is 285 g/mol. The molecule has 3 fully saturated rings. The minimum atomic E-state index is 0.403. The predicted octanol–water partition coefficient (Wildman–Crippen LogP) is 2.17. The zero-order chi connectivity index (χ0) is 14.2.